The summed E-state index contributed by atoms with van der Waals surface area (Å²) in [4.78, 5) is 16.7. The lowest BCUT2D eigenvalue weighted by Crippen LogP contribution is -2.13. The Morgan fingerprint density at radius 1 is 1.07 bits per heavy atom. The van der Waals surface area contributed by atoms with Crippen LogP contribution in [0.3, 0.4) is 0 Å². The lowest BCUT2D eigenvalue weighted by Gasteiger charge is -2.11. The molecule has 0 atom stereocenters. The van der Waals surface area contributed by atoms with Crippen LogP contribution in [0.1, 0.15) is 21.6 Å². The fraction of sp³-hybridized carbons (Fsp3) is 0.200. The first-order chi connectivity index (χ1) is 12.7. The number of pyridine rings is 1. The monoisotopic (exact) mass is 385 g/mol. The van der Waals surface area contributed by atoms with Crippen molar-refractivity contribution in [2.75, 3.05) is 13.0 Å². The van der Waals surface area contributed by atoms with Gasteiger partial charge in [0.15, 0.2) is 0 Å². The molecule has 7 heteroatoms. The summed E-state index contributed by atoms with van der Waals surface area (Å²) in [5.74, 6) is -0.640. The molecule has 1 aromatic heterocycles. The van der Waals surface area contributed by atoms with Crippen molar-refractivity contribution in [3.63, 3.8) is 0 Å². The molecule has 0 spiro atoms. The van der Waals surface area contributed by atoms with E-state index < -0.39 is 22.9 Å². The zero-order valence-corrected chi connectivity index (χ0v) is 16.0. The second kappa shape index (κ2) is 7.46. The number of hydrogen-bond acceptors (Lipinski definition) is 6. The highest BCUT2D eigenvalue weighted by Gasteiger charge is 2.14. The average Bonchev–Trinajstić information content (AvgIpc) is 2.59. The number of para-hydroxylation sites is 1. The van der Waals surface area contributed by atoms with Crippen LogP contribution in [0.2, 0.25) is 0 Å². The lowest BCUT2D eigenvalue weighted by molar-refractivity contribution is 0.0178. The third-order valence-corrected chi connectivity index (χ3v) is 4.58. The minimum absolute atomic E-state index is 0.353. The molecule has 140 valence electrons. The summed E-state index contributed by atoms with van der Waals surface area (Å²) in [6.07, 6.45) is 0.891. The Balaban J connectivity index is 1.91. The third-order valence-electron chi connectivity index (χ3n) is 4.05. The zero-order chi connectivity index (χ0) is 19.6. The Kier molecular flexibility index (Phi) is 5.25. The number of aryl methyl sites for hydroxylation is 2. The quantitative estimate of drug-likeness (QED) is 0.379. The van der Waals surface area contributed by atoms with E-state index in [1.165, 1.54) is 0 Å². The first-order valence-electron chi connectivity index (χ1n) is 8.23. The van der Waals surface area contributed by atoms with E-state index in [1.54, 1.807) is 13.0 Å². The van der Waals surface area contributed by atoms with Crippen LogP contribution in [0.4, 0.5) is 0 Å². The second-order valence-electron chi connectivity index (χ2n) is 6.23. The average molecular weight is 385 g/mol. The van der Waals surface area contributed by atoms with Crippen LogP contribution in [0.5, 0.6) is 0 Å². The molecule has 0 bridgehead atoms. The number of carbonyl (C=O) groups excluding carboxylic acids is 1. The van der Waals surface area contributed by atoms with E-state index in [9.17, 15) is 13.2 Å². The van der Waals surface area contributed by atoms with Crippen LogP contribution in [-0.4, -0.2) is 32.4 Å². The molecule has 27 heavy (non-hydrogen) atoms. The van der Waals surface area contributed by atoms with Crippen molar-refractivity contribution >= 4 is 27.0 Å². The van der Waals surface area contributed by atoms with Crippen LogP contribution in [0.25, 0.3) is 22.0 Å². The van der Waals surface area contributed by atoms with Gasteiger partial charge in [-0.3, -0.25) is 4.98 Å². The summed E-state index contributed by atoms with van der Waals surface area (Å²) in [5.41, 5.74) is 4.87. The lowest BCUT2D eigenvalue weighted by atomic mass is 9.96. The van der Waals surface area contributed by atoms with Gasteiger partial charge in [0.1, 0.15) is 0 Å². The molecular formula is C20H19NO5S. The molecule has 0 saturated carbocycles. The summed E-state index contributed by atoms with van der Waals surface area (Å²) in [5, 5.41) is 1.03. The molecular weight excluding hydrogens is 366 g/mol. The van der Waals surface area contributed by atoms with Crippen molar-refractivity contribution in [3.05, 3.63) is 65.4 Å². The number of rotatable bonds is 5. The first kappa shape index (κ1) is 19.0. The van der Waals surface area contributed by atoms with Gasteiger partial charge < -0.3 is 4.74 Å². The predicted molar refractivity (Wildman–Crippen MR) is 103 cm³/mol. The van der Waals surface area contributed by atoms with Crippen LogP contribution in [0, 0.1) is 13.8 Å². The van der Waals surface area contributed by atoms with Gasteiger partial charge in [-0.15, -0.1) is 0 Å². The van der Waals surface area contributed by atoms with Gasteiger partial charge in [0.25, 0.3) is 10.1 Å². The molecule has 0 N–H and O–H groups in total. The van der Waals surface area contributed by atoms with Crippen molar-refractivity contribution < 1.29 is 22.1 Å². The highest BCUT2D eigenvalue weighted by Crippen LogP contribution is 2.30. The van der Waals surface area contributed by atoms with E-state index >= 15 is 0 Å². The Morgan fingerprint density at radius 3 is 2.52 bits per heavy atom. The smallest absolute Gasteiger partial charge is 0.340 e. The van der Waals surface area contributed by atoms with Crippen molar-refractivity contribution in [1.82, 2.24) is 4.98 Å². The fourth-order valence-corrected chi connectivity index (χ4v) is 3.07. The molecule has 0 aliphatic carbocycles. The summed E-state index contributed by atoms with van der Waals surface area (Å²) in [6.45, 7) is 3.09. The number of esters is 1. The minimum Gasteiger partial charge on any atom is -0.434 e. The molecule has 0 amide bonds. The highest BCUT2D eigenvalue weighted by atomic mass is 32.2. The van der Waals surface area contributed by atoms with Gasteiger partial charge in [-0.25, -0.2) is 8.98 Å². The maximum absolute atomic E-state index is 12.2. The van der Waals surface area contributed by atoms with Gasteiger partial charge in [0, 0.05) is 11.1 Å². The normalized spacial score (nSPS) is 11.5. The van der Waals surface area contributed by atoms with E-state index in [4.69, 9.17) is 4.74 Å². The SMILES string of the molecule is Cc1cc(-c2ccc(C(=O)OCOS(C)(=O)=O)c(C)c2)c2ccccc2n1. The Bertz CT molecular complexity index is 1120. The molecule has 2 aromatic carbocycles. The van der Waals surface area contributed by atoms with Crippen LogP contribution in [-0.2, 0) is 19.0 Å². The number of aromatic nitrogens is 1. The van der Waals surface area contributed by atoms with Crippen LogP contribution >= 0.6 is 0 Å². The molecule has 0 aliphatic rings. The molecule has 6 nitrogen and oxygen atoms in total. The molecule has 0 fully saturated rings. The fourth-order valence-electron chi connectivity index (χ4n) is 2.85. The van der Waals surface area contributed by atoms with E-state index in [0.29, 0.717) is 5.56 Å². The van der Waals surface area contributed by atoms with Gasteiger partial charge in [0.2, 0.25) is 6.79 Å². The first-order valence-corrected chi connectivity index (χ1v) is 10.1. The number of ether oxygens (including phenoxy) is 1. The van der Waals surface area contributed by atoms with Crippen molar-refractivity contribution in [3.8, 4) is 11.1 Å². The second-order valence-corrected chi connectivity index (χ2v) is 7.87. The molecule has 0 radical (unpaired) electrons. The maximum atomic E-state index is 12.2. The standard InChI is InChI=1S/C20H19NO5S/c1-13-10-15(8-9-16(13)20(22)25-12-26-27(3,23)24)18-11-14(2)21-19-7-5-4-6-17(18)19/h4-11H,12H2,1-3H3. The minimum atomic E-state index is -3.66. The van der Waals surface area contributed by atoms with Gasteiger partial charge >= 0.3 is 5.97 Å². The van der Waals surface area contributed by atoms with Gasteiger partial charge in [0.05, 0.1) is 17.3 Å². The van der Waals surface area contributed by atoms with Crippen molar-refractivity contribution in [2.45, 2.75) is 13.8 Å². The van der Waals surface area contributed by atoms with Crippen LogP contribution in [0.15, 0.2) is 48.5 Å². The number of hydrogen-bond donors (Lipinski definition) is 0. The van der Waals surface area contributed by atoms with Crippen molar-refractivity contribution in [2.24, 2.45) is 0 Å². The molecule has 0 unspecified atom stereocenters. The van der Waals surface area contributed by atoms with E-state index in [2.05, 4.69) is 9.17 Å². The summed E-state index contributed by atoms with van der Waals surface area (Å²) in [7, 11) is -3.66. The third kappa shape index (κ3) is 4.50. The summed E-state index contributed by atoms with van der Waals surface area (Å²) in [6, 6.07) is 15.3. The highest BCUT2D eigenvalue weighted by molar-refractivity contribution is 7.85. The van der Waals surface area contributed by atoms with Gasteiger partial charge in [-0.05, 0) is 48.7 Å². The molecule has 3 rings (SSSR count). The summed E-state index contributed by atoms with van der Waals surface area (Å²) >= 11 is 0. The van der Waals surface area contributed by atoms with E-state index in [-0.39, 0.29) is 0 Å². The largest absolute Gasteiger partial charge is 0.434 e. The number of nitrogens with zero attached hydrogens (tertiary/aromatic N) is 1. The molecule has 0 aliphatic heterocycles. The van der Waals surface area contributed by atoms with Gasteiger partial charge in [-0.1, -0.05) is 30.3 Å². The zero-order valence-electron chi connectivity index (χ0n) is 15.2. The number of benzene rings is 2. The van der Waals surface area contributed by atoms with Crippen molar-refractivity contribution in [1.29, 1.82) is 0 Å². The van der Waals surface area contributed by atoms with E-state index in [0.717, 1.165) is 39.5 Å². The number of fused-ring (bicyclic) bond motifs is 1. The van der Waals surface area contributed by atoms with Crippen LogP contribution < -0.4 is 0 Å². The van der Waals surface area contributed by atoms with E-state index in [1.807, 2.05) is 49.4 Å². The summed E-state index contributed by atoms with van der Waals surface area (Å²) < 4.78 is 31.2. The van der Waals surface area contributed by atoms with Gasteiger partial charge in [-0.2, -0.15) is 8.42 Å². The Hall–Kier alpha value is -2.77. The molecule has 0 saturated heterocycles. The molecule has 3 aromatic rings. The predicted octanol–water partition coefficient (Wildman–Crippen LogP) is 3.61. The molecule has 1 heterocycles. The Morgan fingerprint density at radius 2 is 1.81 bits per heavy atom. The Labute approximate surface area is 157 Å². The maximum Gasteiger partial charge on any atom is 0.340 e. The number of carbonyl (C=O) groups is 1. The topological polar surface area (TPSA) is 82.6 Å².